The first-order valence-electron chi connectivity index (χ1n) is 8.27. The number of thiazole rings is 1. The number of fused-ring (bicyclic) bond motifs is 1. The van der Waals surface area contributed by atoms with Gasteiger partial charge in [0.05, 0.1) is 17.1 Å². The zero-order valence-corrected chi connectivity index (χ0v) is 14.4. The molecule has 1 aromatic carbocycles. The van der Waals surface area contributed by atoms with Crippen molar-refractivity contribution < 1.29 is 9.18 Å². The van der Waals surface area contributed by atoms with Gasteiger partial charge in [-0.25, -0.2) is 14.4 Å². The van der Waals surface area contributed by atoms with E-state index >= 15 is 0 Å². The molecule has 130 valence electrons. The van der Waals surface area contributed by atoms with Gasteiger partial charge < -0.3 is 10.3 Å². The molecule has 3 heterocycles. The lowest BCUT2D eigenvalue weighted by Gasteiger charge is -2.22. The molecule has 3 aromatic rings. The summed E-state index contributed by atoms with van der Waals surface area (Å²) in [5.41, 5.74) is 1.48. The summed E-state index contributed by atoms with van der Waals surface area (Å²) in [6.07, 6.45) is 4.12. The van der Waals surface area contributed by atoms with E-state index in [0.717, 1.165) is 30.7 Å². The molecule has 1 atom stereocenters. The van der Waals surface area contributed by atoms with Crippen molar-refractivity contribution in [1.29, 1.82) is 0 Å². The van der Waals surface area contributed by atoms with Crippen molar-refractivity contribution in [1.82, 2.24) is 19.9 Å². The minimum atomic E-state index is -0.273. The van der Waals surface area contributed by atoms with E-state index in [1.54, 1.807) is 12.3 Å². The van der Waals surface area contributed by atoms with E-state index in [9.17, 15) is 9.18 Å². The number of H-pyrrole nitrogens is 1. The van der Waals surface area contributed by atoms with E-state index in [0.29, 0.717) is 23.6 Å². The average Bonchev–Trinajstić information content (AvgIpc) is 3.32. The second-order valence-corrected chi connectivity index (χ2v) is 7.01. The smallest absolute Gasteiger partial charge is 0.227 e. The summed E-state index contributed by atoms with van der Waals surface area (Å²) in [6, 6.07) is 4.71. The summed E-state index contributed by atoms with van der Waals surface area (Å²) in [4.78, 5) is 26.2. The maximum absolute atomic E-state index is 13.4. The molecule has 1 aliphatic rings. The second kappa shape index (κ2) is 6.89. The standard InChI is InChI=1S/C17H18FN5OS/c18-11-3-4-12-13(10-11)21-16(20-12)14-2-1-7-23(14)8-5-15(24)22-17-19-6-9-25-17/h3-4,6,9-10,14H,1-2,5,7-8H2,(H,20,21)(H,19,22,24)/t14-/m1/s1. The van der Waals surface area contributed by atoms with E-state index in [4.69, 9.17) is 0 Å². The van der Waals surface area contributed by atoms with Crippen LogP contribution >= 0.6 is 11.3 Å². The molecular formula is C17H18FN5OS. The molecule has 4 rings (SSSR count). The van der Waals surface area contributed by atoms with Crippen LogP contribution in [0.1, 0.15) is 31.1 Å². The van der Waals surface area contributed by atoms with Crippen molar-refractivity contribution in [2.24, 2.45) is 0 Å². The van der Waals surface area contributed by atoms with Crippen molar-refractivity contribution in [2.75, 3.05) is 18.4 Å². The first-order chi connectivity index (χ1) is 12.2. The zero-order chi connectivity index (χ0) is 17.2. The summed E-state index contributed by atoms with van der Waals surface area (Å²) in [6.45, 7) is 1.59. The van der Waals surface area contributed by atoms with Crippen LogP contribution in [0.4, 0.5) is 9.52 Å². The minimum Gasteiger partial charge on any atom is -0.341 e. The third kappa shape index (κ3) is 3.54. The van der Waals surface area contributed by atoms with Gasteiger partial charge in [0.1, 0.15) is 11.6 Å². The molecule has 2 N–H and O–H groups in total. The van der Waals surface area contributed by atoms with Gasteiger partial charge in [-0.3, -0.25) is 9.69 Å². The number of amides is 1. The Balaban J connectivity index is 1.41. The van der Waals surface area contributed by atoms with Gasteiger partial charge in [0.15, 0.2) is 5.13 Å². The van der Waals surface area contributed by atoms with Gasteiger partial charge in [0.25, 0.3) is 0 Å². The van der Waals surface area contributed by atoms with Crippen LogP contribution in [-0.4, -0.2) is 38.8 Å². The summed E-state index contributed by atoms with van der Waals surface area (Å²) in [7, 11) is 0. The topological polar surface area (TPSA) is 73.9 Å². The summed E-state index contributed by atoms with van der Waals surface area (Å²) >= 11 is 1.41. The largest absolute Gasteiger partial charge is 0.341 e. The van der Waals surface area contributed by atoms with Gasteiger partial charge in [-0.2, -0.15) is 0 Å². The van der Waals surface area contributed by atoms with Gasteiger partial charge in [0, 0.05) is 24.5 Å². The molecule has 1 amide bonds. The Hall–Kier alpha value is -2.32. The third-order valence-electron chi connectivity index (χ3n) is 4.45. The molecule has 0 saturated carbocycles. The van der Waals surface area contributed by atoms with Crippen LogP contribution in [0.3, 0.4) is 0 Å². The number of imidazole rings is 1. The Morgan fingerprint density at radius 3 is 3.24 bits per heavy atom. The van der Waals surface area contributed by atoms with E-state index < -0.39 is 0 Å². The van der Waals surface area contributed by atoms with Crippen LogP contribution in [0.25, 0.3) is 11.0 Å². The number of halogens is 1. The number of aromatic amines is 1. The average molecular weight is 359 g/mol. The Morgan fingerprint density at radius 2 is 2.40 bits per heavy atom. The number of hydrogen-bond donors (Lipinski definition) is 2. The molecule has 1 fully saturated rings. The maximum Gasteiger partial charge on any atom is 0.227 e. The van der Waals surface area contributed by atoms with Gasteiger partial charge in [-0.05, 0) is 37.6 Å². The molecule has 6 nitrogen and oxygen atoms in total. The molecule has 1 aliphatic heterocycles. The molecule has 0 spiro atoms. The van der Waals surface area contributed by atoms with Crippen molar-refractivity contribution in [2.45, 2.75) is 25.3 Å². The van der Waals surface area contributed by atoms with Crippen LogP contribution in [0, 0.1) is 5.82 Å². The van der Waals surface area contributed by atoms with Crippen LogP contribution in [0.15, 0.2) is 29.8 Å². The quantitative estimate of drug-likeness (QED) is 0.733. The van der Waals surface area contributed by atoms with Crippen LogP contribution < -0.4 is 5.32 Å². The number of anilines is 1. The first kappa shape index (κ1) is 16.2. The monoisotopic (exact) mass is 359 g/mol. The molecule has 1 saturated heterocycles. The summed E-state index contributed by atoms with van der Waals surface area (Å²) in [5, 5.41) is 5.26. The van der Waals surface area contributed by atoms with E-state index in [1.807, 2.05) is 5.38 Å². The number of carbonyl (C=O) groups is 1. The predicted octanol–water partition coefficient (Wildman–Crippen LogP) is 3.32. The van der Waals surface area contributed by atoms with E-state index in [1.165, 1.54) is 23.5 Å². The van der Waals surface area contributed by atoms with Crippen molar-refractivity contribution in [3.05, 3.63) is 41.4 Å². The van der Waals surface area contributed by atoms with Crippen LogP contribution in [0.2, 0.25) is 0 Å². The number of nitrogens with zero attached hydrogens (tertiary/aromatic N) is 3. The number of rotatable bonds is 5. The fourth-order valence-corrected chi connectivity index (χ4v) is 3.82. The molecule has 0 aliphatic carbocycles. The van der Waals surface area contributed by atoms with Crippen LogP contribution in [0.5, 0.6) is 0 Å². The lowest BCUT2D eigenvalue weighted by molar-refractivity contribution is -0.116. The zero-order valence-electron chi connectivity index (χ0n) is 13.5. The Labute approximate surface area is 148 Å². The first-order valence-corrected chi connectivity index (χ1v) is 9.15. The highest BCUT2D eigenvalue weighted by atomic mass is 32.1. The van der Waals surface area contributed by atoms with E-state index in [2.05, 4.69) is 25.2 Å². The van der Waals surface area contributed by atoms with Crippen molar-refractivity contribution >= 4 is 33.4 Å². The SMILES string of the molecule is O=C(CCN1CCC[C@@H]1c1nc2ccc(F)cc2[nH]1)Nc1nccs1. The Morgan fingerprint density at radius 1 is 1.48 bits per heavy atom. The highest BCUT2D eigenvalue weighted by Gasteiger charge is 2.28. The highest BCUT2D eigenvalue weighted by molar-refractivity contribution is 7.13. The Kier molecular flexibility index (Phi) is 4.46. The maximum atomic E-state index is 13.4. The lowest BCUT2D eigenvalue weighted by atomic mass is 10.2. The minimum absolute atomic E-state index is 0.0349. The molecule has 8 heteroatoms. The fraction of sp³-hybridized carbons (Fsp3) is 0.353. The molecule has 2 aromatic heterocycles. The molecule has 0 radical (unpaired) electrons. The molecule has 0 bridgehead atoms. The normalized spacial score (nSPS) is 18.0. The van der Waals surface area contributed by atoms with Gasteiger partial charge >= 0.3 is 0 Å². The molecule has 0 unspecified atom stereocenters. The summed E-state index contributed by atoms with van der Waals surface area (Å²) in [5.74, 6) is 0.538. The van der Waals surface area contributed by atoms with Gasteiger partial charge in [-0.1, -0.05) is 0 Å². The highest BCUT2D eigenvalue weighted by Crippen LogP contribution is 2.31. The second-order valence-electron chi connectivity index (χ2n) is 6.11. The number of carbonyl (C=O) groups excluding carboxylic acids is 1. The predicted molar refractivity (Wildman–Crippen MR) is 95.0 cm³/mol. The van der Waals surface area contributed by atoms with Gasteiger partial charge in [0.2, 0.25) is 5.91 Å². The summed E-state index contributed by atoms with van der Waals surface area (Å²) < 4.78 is 13.4. The van der Waals surface area contributed by atoms with Crippen LogP contribution in [-0.2, 0) is 4.79 Å². The third-order valence-corrected chi connectivity index (χ3v) is 5.13. The van der Waals surface area contributed by atoms with Gasteiger partial charge in [-0.15, -0.1) is 11.3 Å². The molecule has 25 heavy (non-hydrogen) atoms. The molecular weight excluding hydrogens is 341 g/mol. The lowest BCUT2D eigenvalue weighted by Crippen LogP contribution is -2.28. The number of hydrogen-bond acceptors (Lipinski definition) is 5. The number of likely N-dealkylation sites (tertiary alicyclic amines) is 1. The van der Waals surface area contributed by atoms with Crippen molar-refractivity contribution in [3.63, 3.8) is 0 Å². The number of nitrogens with one attached hydrogen (secondary N) is 2. The van der Waals surface area contributed by atoms with Crippen molar-refractivity contribution in [3.8, 4) is 0 Å². The number of benzene rings is 1. The number of aromatic nitrogens is 3. The van der Waals surface area contributed by atoms with E-state index in [-0.39, 0.29) is 17.8 Å². The fourth-order valence-electron chi connectivity index (χ4n) is 3.27. The Bertz CT molecular complexity index is 878.